The minimum Gasteiger partial charge on any atom is -0.393 e. The Labute approximate surface area is 182 Å². The minimum absolute atomic E-state index is 0.0366. The maximum absolute atomic E-state index is 10.2. The average Bonchev–Trinajstić information content (AvgIpc) is 2.75. The van der Waals surface area contributed by atoms with Crippen LogP contribution in [-0.2, 0) is 37.9 Å². The summed E-state index contributed by atoms with van der Waals surface area (Å²) in [6.45, 7) is 10.8. The molecule has 0 aliphatic carbocycles. The van der Waals surface area contributed by atoms with Crippen LogP contribution in [0.4, 0.5) is 0 Å². The van der Waals surface area contributed by atoms with Crippen molar-refractivity contribution in [1.82, 2.24) is 0 Å². The van der Waals surface area contributed by atoms with E-state index in [9.17, 15) is 15.3 Å². The van der Waals surface area contributed by atoms with E-state index < -0.39 is 0 Å². The molecule has 166 valence electrons. The van der Waals surface area contributed by atoms with Gasteiger partial charge in [-0.05, 0) is 76.8 Å². The predicted octanol–water partition coefficient (Wildman–Crippen LogP) is 5.09. The molecule has 0 aromatic heterocycles. The summed E-state index contributed by atoms with van der Waals surface area (Å²) in [5.41, 5.74) is 6.92. The molecule has 2 aromatic carbocycles. The number of hydrogen-bond acceptors (Lipinski definition) is 3. The van der Waals surface area contributed by atoms with Gasteiger partial charge in [0.25, 0.3) is 0 Å². The van der Waals surface area contributed by atoms with Crippen molar-refractivity contribution in [1.29, 1.82) is 0 Å². The molecular formula is C27H40O3. The van der Waals surface area contributed by atoms with Gasteiger partial charge in [0.1, 0.15) is 0 Å². The van der Waals surface area contributed by atoms with E-state index in [-0.39, 0.29) is 24.7 Å². The smallest absolute Gasteiger partial charge is 0.0685 e. The van der Waals surface area contributed by atoms with Crippen molar-refractivity contribution in [2.75, 3.05) is 0 Å². The van der Waals surface area contributed by atoms with E-state index in [1.807, 2.05) is 12.1 Å². The van der Waals surface area contributed by atoms with Gasteiger partial charge in [0.15, 0.2) is 0 Å². The highest BCUT2D eigenvalue weighted by atomic mass is 16.3. The van der Waals surface area contributed by atoms with Crippen LogP contribution in [0.2, 0.25) is 0 Å². The zero-order valence-electron chi connectivity index (χ0n) is 19.4. The summed E-state index contributed by atoms with van der Waals surface area (Å²) >= 11 is 0. The second kappa shape index (κ2) is 11.1. The first kappa shape index (κ1) is 24.6. The molecule has 0 bridgehead atoms. The molecule has 0 saturated carbocycles. The molecule has 3 heteroatoms. The van der Waals surface area contributed by atoms with Crippen molar-refractivity contribution < 1.29 is 15.3 Å². The fraction of sp³-hybridized carbons (Fsp3) is 0.556. The molecule has 30 heavy (non-hydrogen) atoms. The van der Waals surface area contributed by atoms with Gasteiger partial charge in [-0.25, -0.2) is 0 Å². The topological polar surface area (TPSA) is 60.7 Å². The zero-order chi connectivity index (χ0) is 22.3. The summed E-state index contributed by atoms with van der Waals surface area (Å²) in [6.07, 6.45) is 4.42. The Morgan fingerprint density at radius 3 is 2.10 bits per heavy atom. The maximum Gasteiger partial charge on any atom is 0.0685 e. The summed E-state index contributed by atoms with van der Waals surface area (Å²) in [5, 5.41) is 29.1. The third kappa shape index (κ3) is 6.41. The zero-order valence-corrected chi connectivity index (χ0v) is 19.4. The van der Waals surface area contributed by atoms with E-state index in [1.54, 1.807) is 0 Å². The van der Waals surface area contributed by atoms with Crippen LogP contribution in [-0.4, -0.2) is 21.4 Å². The van der Waals surface area contributed by atoms with Crippen LogP contribution >= 0.6 is 0 Å². The number of rotatable bonds is 11. The molecule has 2 rings (SSSR count). The Balaban J connectivity index is 2.11. The van der Waals surface area contributed by atoms with Crippen LogP contribution in [0, 0.1) is 5.92 Å². The molecule has 3 nitrogen and oxygen atoms in total. The van der Waals surface area contributed by atoms with Crippen LogP contribution in [0.15, 0.2) is 36.4 Å². The molecule has 0 amide bonds. The number of aliphatic hydroxyl groups excluding tert-OH is 3. The highest BCUT2D eigenvalue weighted by molar-refractivity contribution is 5.37. The molecule has 0 aliphatic rings. The van der Waals surface area contributed by atoms with Gasteiger partial charge in [0, 0.05) is 0 Å². The van der Waals surface area contributed by atoms with Gasteiger partial charge in [0.05, 0.1) is 19.3 Å². The second-order valence-corrected chi connectivity index (χ2v) is 9.49. The van der Waals surface area contributed by atoms with Crippen LogP contribution in [0.25, 0.3) is 0 Å². The molecule has 1 unspecified atom stereocenters. The first-order valence-corrected chi connectivity index (χ1v) is 11.3. The Hall–Kier alpha value is -1.68. The van der Waals surface area contributed by atoms with Crippen molar-refractivity contribution in [3.05, 3.63) is 69.8 Å². The SMILES string of the molecule is CCc1cc(C(C)(C)CCc2ccc(CO)c(CO)c2)ccc1CCC(O)C(C)C. The van der Waals surface area contributed by atoms with Crippen LogP contribution in [0.1, 0.15) is 80.8 Å². The van der Waals surface area contributed by atoms with Gasteiger partial charge in [-0.2, -0.15) is 0 Å². The van der Waals surface area contributed by atoms with E-state index in [4.69, 9.17) is 0 Å². The first-order valence-electron chi connectivity index (χ1n) is 11.3. The summed E-state index contributed by atoms with van der Waals surface area (Å²) < 4.78 is 0. The third-order valence-electron chi connectivity index (χ3n) is 6.50. The summed E-state index contributed by atoms with van der Waals surface area (Å²) in [7, 11) is 0. The fourth-order valence-corrected chi connectivity index (χ4v) is 3.99. The monoisotopic (exact) mass is 412 g/mol. The van der Waals surface area contributed by atoms with E-state index in [0.717, 1.165) is 43.2 Å². The fourth-order valence-electron chi connectivity index (χ4n) is 3.99. The Morgan fingerprint density at radius 1 is 0.833 bits per heavy atom. The first-order chi connectivity index (χ1) is 14.2. The van der Waals surface area contributed by atoms with Crippen molar-refractivity contribution in [3.63, 3.8) is 0 Å². The van der Waals surface area contributed by atoms with Gasteiger partial charge in [-0.3, -0.25) is 0 Å². The lowest BCUT2D eigenvalue weighted by Crippen LogP contribution is -2.19. The van der Waals surface area contributed by atoms with Crippen LogP contribution in [0.3, 0.4) is 0 Å². The third-order valence-corrected chi connectivity index (χ3v) is 6.50. The highest BCUT2D eigenvalue weighted by Crippen LogP contribution is 2.31. The Kier molecular flexibility index (Phi) is 9.09. The Bertz CT molecular complexity index is 808. The van der Waals surface area contributed by atoms with Gasteiger partial charge >= 0.3 is 0 Å². The maximum atomic E-state index is 10.2. The highest BCUT2D eigenvalue weighted by Gasteiger charge is 2.22. The Morgan fingerprint density at radius 2 is 1.50 bits per heavy atom. The lowest BCUT2D eigenvalue weighted by molar-refractivity contribution is 0.116. The van der Waals surface area contributed by atoms with E-state index in [1.165, 1.54) is 22.3 Å². The van der Waals surface area contributed by atoms with E-state index in [2.05, 4.69) is 58.9 Å². The largest absolute Gasteiger partial charge is 0.393 e. The van der Waals surface area contributed by atoms with Gasteiger partial charge < -0.3 is 15.3 Å². The molecule has 2 aromatic rings. The molecule has 3 N–H and O–H groups in total. The second-order valence-electron chi connectivity index (χ2n) is 9.49. The molecule has 0 aliphatic heterocycles. The van der Waals surface area contributed by atoms with Crippen molar-refractivity contribution >= 4 is 0 Å². The molecule has 1 atom stereocenters. The van der Waals surface area contributed by atoms with E-state index in [0.29, 0.717) is 5.92 Å². The standard InChI is InChI=1S/C27H40O3/c1-6-21-16-25(11-9-22(21)10-12-26(30)19(2)3)27(4,5)14-13-20-7-8-23(17-28)24(15-20)18-29/h7-9,11,15-16,19,26,28-30H,6,10,12-14,17-18H2,1-5H3. The molecule has 0 spiro atoms. The van der Waals surface area contributed by atoms with Crippen molar-refractivity contribution in [3.8, 4) is 0 Å². The number of benzene rings is 2. The quantitative estimate of drug-likeness (QED) is 0.481. The molecule has 0 heterocycles. The van der Waals surface area contributed by atoms with Gasteiger partial charge in [-0.1, -0.05) is 71.0 Å². The summed E-state index contributed by atoms with van der Waals surface area (Å²) in [5.74, 6) is 0.297. The molecule has 0 fully saturated rings. The van der Waals surface area contributed by atoms with E-state index >= 15 is 0 Å². The van der Waals surface area contributed by atoms with Gasteiger partial charge in [-0.15, -0.1) is 0 Å². The normalized spacial score (nSPS) is 13.1. The number of aryl methyl sites for hydroxylation is 3. The molecule has 0 saturated heterocycles. The summed E-state index contributed by atoms with van der Waals surface area (Å²) in [6, 6.07) is 12.9. The lowest BCUT2D eigenvalue weighted by Gasteiger charge is -2.27. The molecule has 0 radical (unpaired) electrons. The van der Waals surface area contributed by atoms with Crippen molar-refractivity contribution in [2.45, 2.75) is 91.5 Å². The molecular weight excluding hydrogens is 372 g/mol. The van der Waals surface area contributed by atoms with Gasteiger partial charge in [0.2, 0.25) is 0 Å². The van der Waals surface area contributed by atoms with Crippen LogP contribution in [0.5, 0.6) is 0 Å². The van der Waals surface area contributed by atoms with Crippen LogP contribution < -0.4 is 0 Å². The summed E-state index contributed by atoms with van der Waals surface area (Å²) in [4.78, 5) is 0. The minimum atomic E-state index is -0.244. The average molecular weight is 413 g/mol. The van der Waals surface area contributed by atoms with Crippen molar-refractivity contribution in [2.24, 2.45) is 5.92 Å². The predicted molar refractivity (Wildman–Crippen MR) is 125 cm³/mol. The number of hydrogen-bond donors (Lipinski definition) is 3. The lowest BCUT2D eigenvalue weighted by atomic mass is 9.78. The number of aliphatic hydroxyl groups is 3.